The molecule has 0 unspecified atom stereocenters. The zero-order valence-corrected chi connectivity index (χ0v) is 16.9. The summed E-state index contributed by atoms with van der Waals surface area (Å²) in [6.07, 6.45) is 5.27. The van der Waals surface area contributed by atoms with Crippen LogP contribution in [0, 0.1) is 0 Å². The number of nitrogens with zero attached hydrogens (tertiary/aromatic N) is 4. The first-order valence-corrected chi connectivity index (χ1v) is 10.6. The van der Waals surface area contributed by atoms with E-state index in [2.05, 4.69) is 21.8 Å². The normalized spacial score (nSPS) is 33.2. The van der Waals surface area contributed by atoms with Crippen LogP contribution in [0.2, 0.25) is 0 Å². The Morgan fingerprint density at radius 3 is 2.76 bits per heavy atom. The van der Waals surface area contributed by atoms with E-state index in [1.54, 1.807) is 6.20 Å². The second-order valence-corrected chi connectivity index (χ2v) is 8.98. The molecule has 0 saturated carbocycles. The maximum absolute atomic E-state index is 10.8. The largest absolute Gasteiger partial charge is 0.387 e. The molecule has 5 rings (SSSR count). The average molecular weight is 402 g/mol. The van der Waals surface area contributed by atoms with Crippen LogP contribution in [0.1, 0.15) is 31.9 Å². The van der Waals surface area contributed by atoms with E-state index in [0.29, 0.717) is 12.4 Å². The molecule has 5 heterocycles. The molecule has 8 nitrogen and oxygen atoms in total. The van der Waals surface area contributed by atoms with Gasteiger partial charge in [0.1, 0.15) is 24.1 Å². The number of pyridine rings is 1. The van der Waals surface area contributed by atoms with Gasteiger partial charge in [-0.25, -0.2) is 4.98 Å². The molecule has 0 aromatic carbocycles. The molecule has 0 aliphatic carbocycles. The third kappa shape index (κ3) is 3.14. The van der Waals surface area contributed by atoms with E-state index < -0.39 is 24.5 Å². The second-order valence-electron chi connectivity index (χ2n) is 8.98. The van der Waals surface area contributed by atoms with E-state index in [0.717, 1.165) is 43.4 Å². The van der Waals surface area contributed by atoms with Gasteiger partial charge in [-0.15, -0.1) is 0 Å². The Kier molecular flexibility index (Phi) is 4.79. The number of hydrogen-bond donors (Lipinski definition) is 3. The van der Waals surface area contributed by atoms with Crippen molar-refractivity contribution in [2.75, 3.05) is 39.0 Å². The molecule has 0 radical (unpaired) electrons. The summed E-state index contributed by atoms with van der Waals surface area (Å²) in [4.78, 5) is 9.02. The predicted molar refractivity (Wildman–Crippen MR) is 110 cm³/mol. The summed E-state index contributed by atoms with van der Waals surface area (Å²) in [5, 5.41) is 22.4. The fourth-order valence-electron chi connectivity index (χ4n) is 5.54. The molecule has 4 atom stereocenters. The molecule has 2 aromatic heterocycles. The molecule has 2 aromatic rings. The van der Waals surface area contributed by atoms with E-state index in [1.807, 2.05) is 22.9 Å². The van der Waals surface area contributed by atoms with E-state index >= 15 is 0 Å². The number of fused-ring (bicyclic) bond motifs is 1. The van der Waals surface area contributed by atoms with Gasteiger partial charge in [-0.1, -0.05) is 0 Å². The zero-order chi connectivity index (χ0) is 20.2. The fourth-order valence-corrected chi connectivity index (χ4v) is 5.54. The first-order chi connectivity index (χ1) is 14.0. The topological polar surface area (TPSA) is 100 Å². The minimum Gasteiger partial charge on any atom is -0.387 e. The molecule has 29 heavy (non-hydrogen) atoms. The summed E-state index contributed by atoms with van der Waals surface area (Å²) in [6.45, 7) is 3.91. The summed E-state index contributed by atoms with van der Waals surface area (Å²) in [7, 11) is 2.18. The van der Waals surface area contributed by atoms with Gasteiger partial charge in [0.05, 0.1) is 5.52 Å². The molecule has 3 aliphatic heterocycles. The lowest BCUT2D eigenvalue weighted by Crippen LogP contribution is -2.54. The molecule has 4 N–H and O–H groups in total. The molecule has 158 valence electrons. The van der Waals surface area contributed by atoms with Crippen LogP contribution >= 0.6 is 0 Å². The minimum atomic E-state index is -0.985. The van der Waals surface area contributed by atoms with Crippen molar-refractivity contribution in [2.45, 2.75) is 55.8 Å². The summed E-state index contributed by atoms with van der Waals surface area (Å²) < 4.78 is 8.10. The maximum Gasteiger partial charge on any atom is 0.163 e. The molecule has 1 spiro atoms. The molecule has 0 amide bonds. The monoisotopic (exact) mass is 401 g/mol. The van der Waals surface area contributed by atoms with Crippen molar-refractivity contribution in [2.24, 2.45) is 0 Å². The van der Waals surface area contributed by atoms with Gasteiger partial charge in [-0.2, -0.15) is 0 Å². The lowest BCUT2D eigenvalue weighted by Gasteiger charge is -2.45. The van der Waals surface area contributed by atoms with Gasteiger partial charge in [0, 0.05) is 29.9 Å². The second kappa shape index (κ2) is 7.21. The number of anilines is 1. The van der Waals surface area contributed by atoms with Crippen molar-refractivity contribution in [3.63, 3.8) is 0 Å². The van der Waals surface area contributed by atoms with Crippen molar-refractivity contribution in [3.8, 4) is 0 Å². The summed E-state index contributed by atoms with van der Waals surface area (Å²) in [5.41, 5.74) is 7.04. The van der Waals surface area contributed by atoms with Gasteiger partial charge >= 0.3 is 0 Å². The SMILES string of the molecule is CN1CCC2(CCCN2C[C@H]2O[C@@H](n3ccc4c(N)nccc43)[C@H](O)[C@@H]2O)CC1. The number of nitrogen functional groups attached to an aromatic ring is 1. The van der Waals surface area contributed by atoms with Crippen LogP contribution < -0.4 is 5.73 Å². The Morgan fingerprint density at radius 2 is 1.97 bits per heavy atom. The van der Waals surface area contributed by atoms with Crippen LogP contribution in [0.15, 0.2) is 24.5 Å². The van der Waals surface area contributed by atoms with Gasteiger partial charge in [0.2, 0.25) is 0 Å². The molecule has 3 saturated heterocycles. The minimum absolute atomic E-state index is 0.221. The zero-order valence-electron chi connectivity index (χ0n) is 16.9. The van der Waals surface area contributed by atoms with E-state index in [4.69, 9.17) is 10.5 Å². The van der Waals surface area contributed by atoms with Crippen LogP contribution in [0.5, 0.6) is 0 Å². The maximum atomic E-state index is 10.8. The molecule has 3 aliphatic rings. The lowest BCUT2D eigenvalue weighted by molar-refractivity contribution is -0.0567. The van der Waals surface area contributed by atoms with Crippen LogP contribution in [-0.4, -0.2) is 86.6 Å². The number of nitrogens with two attached hydrogens (primary N) is 1. The number of likely N-dealkylation sites (tertiary alicyclic amines) is 2. The first-order valence-electron chi connectivity index (χ1n) is 10.6. The van der Waals surface area contributed by atoms with Crippen molar-refractivity contribution < 1.29 is 14.9 Å². The highest BCUT2D eigenvalue weighted by atomic mass is 16.6. The number of rotatable bonds is 3. The van der Waals surface area contributed by atoms with E-state index in [9.17, 15) is 10.2 Å². The summed E-state index contributed by atoms with van der Waals surface area (Å²) in [6, 6.07) is 3.73. The number of aliphatic hydroxyl groups excluding tert-OH is 2. The van der Waals surface area contributed by atoms with Gasteiger partial charge in [0.25, 0.3) is 0 Å². The van der Waals surface area contributed by atoms with Gasteiger partial charge in [-0.05, 0) is 64.5 Å². The molecule has 3 fully saturated rings. The quantitative estimate of drug-likeness (QED) is 0.699. The van der Waals surface area contributed by atoms with E-state index in [1.165, 1.54) is 12.8 Å². The van der Waals surface area contributed by atoms with Crippen LogP contribution in [0.4, 0.5) is 5.82 Å². The van der Waals surface area contributed by atoms with Crippen molar-refractivity contribution >= 4 is 16.7 Å². The summed E-state index contributed by atoms with van der Waals surface area (Å²) >= 11 is 0. The standard InChI is InChI=1S/C21H31N5O3/c1-24-11-6-21(7-12-24)5-2-9-25(21)13-16-17(27)18(28)20(29-16)26-10-4-14-15(26)3-8-23-19(14)22/h3-4,8,10,16-18,20,27-28H,2,5-7,9,11-13H2,1H3,(H2,22,23)/t16-,17-,18-,20-/m1/s1. The number of piperidine rings is 1. The van der Waals surface area contributed by atoms with Crippen LogP contribution in [0.25, 0.3) is 10.9 Å². The van der Waals surface area contributed by atoms with E-state index in [-0.39, 0.29) is 5.54 Å². The highest BCUT2D eigenvalue weighted by Gasteiger charge is 2.48. The highest BCUT2D eigenvalue weighted by Crippen LogP contribution is 2.40. The van der Waals surface area contributed by atoms with Gasteiger partial charge < -0.3 is 30.2 Å². The Morgan fingerprint density at radius 1 is 1.17 bits per heavy atom. The Hall–Kier alpha value is -1.71. The van der Waals surface area contributed by atoms with Crippen LogP contribution in [-0.2, 0) is 4.74 Å². The van der Waals surface area contributed by atoms with Crippen LogP contribution in [0.3, 0.4) is 0 Å². The van der Waals surface area contributed by atoms with Gasteiger partial charge in [-0.3, -0.25) is 4.90 Å². The lowest BCUT2D eigenvalue weighted by atomic mass is 9.85. The third-order valence-corrected chi connectivity index (χ3v) is 7.35. The third-order valence-electron chi connectivity index (χ3n) is 7.35. The first kappa shape index (κ1) is 19.3. The average Bonchev–Trinajstić information content (AvgIpc) is 3.38. The smallest absolute Gasteiger partial charge is 0.163 e. The Bertz CT molecular complexity index is 878. The Balaban J connectivity index is 1.35. The predicted octanol–water partition coefficient (Wildman–Crippen LogP) is 0.798. The number of aliphatic hydroxyl groups is 2. The summed E-state index contributed by atoms with van der Waals surface area (Å²) in [5.74, 6) is 0.451. The highest BCUT2D eigenvalue weighted by molar-refractivity contribution is 5.89. The Labute approximate surface area is 170 Å². The van der Waals surface area contributed by atoms with Gasteiger partial charge in [0.15, 0.2) is 6.23 Å². The van der Waals surface area contributed by atoms with Crippen molar-refractivity contribution in [1.29, 1.82) is 0 Å². The fraction of sp³-hybridized carbons (Fsp3) is 0.667. The molecule has 8 heteroatoms. The number of ether oxygens (including phenoxy) is 1. The number of hydrogen-bond acceptors (Lipinski definition) is 7. The van der Waals surface area contributed by atoms with Crippen molar-refractivity contribution in [3.05, 3.63) is 24.5 Å². The van der Waals surface area contributed by atoms with Crippen molar-refractivity contribution in [1.82, 2.24) is 19.4 Å². The number of aromatic nitrogens is 2. The molecule has 0 bridgehead atoms. The molecular formula is C21H31N5O3. The molecular weight excluding hydrogens is 370 g/mol.